The molecule has 0 aromatic heterocycles. The Labute approximate surface area is 93.9 Å². The van der Waals surface area contributed by atoms with Gasteiger partial charge in [-0.2, -0.15) is 0 Å². The van der Waals surface area contributed by atoms with Crippen LogP contribution in [0.4, 0.5) is 0 Å². The number of allylic oxidation sites excluding steroid dienone is 3. The minimum Gasteiger partial charge on any atom is -0.389 e. The summed E-state index contributed by atoms with van der Waals surface area (Å²) >= 11 is 0. The Hall–Kier alpha value is -0.560. The van der Waals surface area contributed by atoms with Crippen molar-refractivity contribution in [3.8, 4) is 0 Å². The first-order chi connectivity index (χ1) is 6.98. The number of aliphatic hydroxyl groups excluding tert-OH is 1. The van der Waals surface area contributed by atoms with Gasteiger partial charge < -0.3 is 5.11 Å². The molecule has 2 atom stereocenters. The molecule has 1 aliphatic rings. The zero-order chi connectivity index (χ0) is 11.5. The van der Waals surface area contributed by atoms with Gasteiger partial charge in [0.15, 0.2) is 0 Å². The molecular formula is C14H24O. The molecule has 0 radical (unpaired) electrons. The summed E-state index contributed by atoms with van der Waals surface area (Å²) in [4.78, 5) is 0. The Morgan fingerprint density at radius 1 is 1.60 bits per heavy atom. The van der Waals surface area contributed by atoms with Gasteiger partial charge >= 0.3 is 0 Å². The Morgan fingerprint density at radius 3 is 2.73 bits per heavy atom. The van der Waals surface area contributed by atoms with Gasteiger partial charge in [-0.1, -0.05) is 52.3 Å². The Morgan fingerprint density at radius 2 is 2.27 bits per heavy atom. The average Bonchev–Trinajstić information content (AvgIpc) is 2.40. The average molecular weight is 208 g/mol. The highest BCUT2D eigenvalue weighted by molar-refractivity contribution is 5.31. The first kappa shape index (κ1) is 12.5. The number of hydrogen-bond donors (Lipinski definition) is 1. The predicted octanol–water partition coefficient (Wildman–Crippen LogP) is 3.70. The molecule has 0 saturated carbocycles. The quantitative estimate of drug-likeness (QED) is 0.747. The lowest BCUT2D eigenvalue weighted by atomic mass is 9.78. The molecule has 0 aromatic carbocycles. The van der Waals surface area contributed by atoms with E-state index < -0.39 is 0 Å². The molecular weight excluding hydrogens is 184 g/mol. The fourth-order valence-electron chi connectivity index (χ4n) is 2.04. The van der Waals surface area contributed by atoms with Gasteiger partial charge in [0.1, 0.15) is 0 Å². The molecule has 0 amide bonds. The summed E-state index contributed by atoms with van der Waals surface area (Å²) in [6.45, 7) is 8.96. The van der Waals surface area contributed by atoms with Crippen LogP contribution in [0.3, 0.4) is 0 Å². The van der Waals surface area contributed by atoms with Crippen LogP contribution in [-0.2, 0) is 0 Å². The zero-order valence-electron chi connectivity index (χ0n) is 10.5. The van der Waals surface area contributed by atoms with E-state index in [-0.39, 0.29) is 11.5 Å². The summed E-state index contributed by atoms with van der Waals surface area (Å²) in [5.41, 5.74) is 1.65. The highest BCUT2D eigenvalue weighted by Gasteiger charge is 2.32. The minimum atomic E-state index is -0.275. The maximum atomic E-state index is 9.63. The second kappa shape index (κ2) is 4.98. The van der Waals surface area contributed by atoms with Crippen molar-refractivity contribution in [3.63, 3.8) is 0 Å². The van der Waals surface area contributed by atoms with E-state index in [1.54, 1.807) is 0 Å². The molecule has 1 heteroatoms. The van der Waals surface area contributed by atoms with Crippen LogP contribution in [0.15, 0.2) is 23.8 Å². The van der Waals surface area contributed by atoms with Crippen LogP contribution in [0, 0.1) is 11.3 Å². The molecule has 2 unspecified atom stereocenters. The van der Waals surface area contributed by atoms with Gasteiger partial charge in [0.25, 0.3) is 0 Å². The highest BCUT2D eigenvalue weighted by Crippen LogP contribution is 2.43. The lowest BCUT2D eigenvalue weighted by molar-refractivity contribution is 0.211. The largest absolute Gasteiger partial charge is 0.389 e. The normalized spacial score (nSPS) is 27.0. The molecule has 1 rings (SSSR count). The second-order valence-corrected chi connectivity index (χ2v) is 5.23. The van der Waals surface area contributed by atoms with Gasteiger partial charge in [-0.3, -0.25) is 0 Å². The molecule has 1 aliphatic carbocycles. The Balaban J connectivity index is 2.60. The SMILES string of the molecule is CCCC(O)C=CC1=CCC(C)C1(C)C. The van der Waals surface area contributed by atoms with Crippen molar-refractivity contribution in [3.05, 3.63) is 23.8 Å². The molecule has 0 aromatic rings. The van der Waals surface area contributed by atoms with E-state index in [9.17, 15) is 5.11 Å². The van der Waals surface area contributed by atoms with E-state index in [2.05, 4.69) is 39.8 Å². The van der Waals surface area contributed by atoms with Gasteiger partial charge in [-0.15, -0.1) is 0 Å². The fourth-order valence-corrected chi connectivity index (χ4v) is 2.04. The molecule has 0 saturated heterocycles. The lowest BCUT2D eigenvalue weighted by Gasteiger charge is -2.26. The summed E-state index contributed by atoms with van der Waals surface area (Å²) in [6, 6.07) is 0. The molecule has 1 N–H and O–H groups in total. The summed E-state index contributed by atoms with van der Waals surface area (Å²) in [5.74, 6) is 0.709. The number of aliphatic hydroxyl groups is 1. The van der Waals surface area contributed by atoms with Crippen molar-refractivity contribution < 1.29 is 5.11 Å². The monoisotopic (exact) mass is 208 g/mol. The standard InChI is InChI=1S/C14H24O/c1-5-6-13(15)10-9-12-8-7-11(2)14(12,3)4/h8-11,13,15H,5-7H2,1-4H3. The van der Waals surface area contributed by atoms with Crippen LogP contribution in [-0.4, -0.2) is 11.2 Å². The molecule has 0 bridgehead atoms. The summed E-state index contributed by atoms with van der Waals surface area (Å²) in [6.07, 6.45) is 9.14. The molecule has 0 spiro atoms. The van der Waals surface area contributed by atoms with E-state index in [0.717, 1.165) is 19.3 Å². The van der Waals surface area contributed by atoms with Gasteiger partial charge in [0.2, 0.25) is 0 Å². The van der Waals surface area contributed by atoms with Crippen molar-refractivity contribution in [2.75, 3.05) is 0 Å². The summed E-state index contributed by atoms with van der Waals surface area (Å²) < 4.78 is 0. The number of hydrogen-bond acceptors (Lipinski definition) is 1. The van der Waals surface area contributed by atoms with Gasteiger partial charge in [0.05, 0.1) is 6.10 Å². The predicted molar refractivity (Wildman–Crippen MR) is 65.7 cm³/mol. The van der Waals surface area contributed by atoms with Crippen molar-refractivity contribution in [1.29, 1.82) is 0 Å². The van der Waals surface area contributed by atoms with Crippen LogP contribution in [0.5, 0.6) is 0 Å². The number of rotatable bonds is 4. The van der Waals surface area contributed by atoms with E-state index in [0.29, 0.717) is 5.92 Å². The zero-order valence-corrected chi connectivity index (χ0v) is 10.5. The smallest absolute Gasteiger partial charge is 0.0723 e. The van der Waals surface area contributed by atoms with Crippen LogP contribution in [0.2, 0.25) is 0 Å². The van der Waals surface area contributed by atoms with Gasteiger partial charge in [-0.25, -0.2) is 0 Å². The van der Waals surface area contributed by atoms with Gasteiger partial charge in [0, 0.05) is 0 Å². The van der Waals surface area contributed by atoms with Crippen LogP contribution < -0.4 is 0 Å². The van der Waals surface area contributed by atoms with Crippen LogP contribution >= 0.6 is 0 Å². The molecule has 0 aliphatic heterocycles. The van der Waals surface area contributed by atoms with Gasteiger partial charge in [-0.05, 0) is 29.7 Å². The van der Waals surface area contributed by atoms with E-state index >= 15 is 0 Å². The summed E-state index contributed by atoms with van der Waals surface area (Å²) in [5, 5.41) is 9.63. The van der Waals surface area contributed by atoms with Crippen molar-refractivity contribution in [1.82, 2.24) is 0 Å². The van der Waals surface area contributed by atoms with E-state index in [1.165, 1.54) is 5.57 Å². The van der Waals surface area contributed by atoms with Crippen molar-refractivity contribution >= 4 is 0 Å². The molecule has 15 heavy (non-hydrogen) atoms. The maximum Gasteiger partial charge on any atom is 0.0723 e. The molecule has 0 heterocycles. The first-order valence-corrected chi connectivity index (χ1v) is 6.05. The minimum absolute atomic E-state index is 0.266. The van der Waals surface area contributed by atoms with E-state index in [4.69, 9.17) is 0 Å². The third-order valence-corrected chi connectivity index (χ3v) is 3.75. The van der Waals surface area contributed by atoms with Crippen molar-refractivity contribution in [2.24, 2.45) is 11.3 Å². The molecule has 0 fully saturated rings. The fraction of sp³-hybridized carbons (Fsp3) is 0.714. The van der Waals surface area contributed by atoms with E-state index in [1.807, 2.05) is 6.08 Å². The highest BCUT2D eigenvalue weighted by atomic mass is 16.3. The van der Waals surface area contributed by atoms with Crippen LogP contribution in [0.1, 0.15) is 47.0 Å². The Kier molecular flexibility index (Phi) is 4.15. The third-order valence-electron chi connectivity index (χ3n) is 3.75. The first-order valence-electron chi connectivity index (χ1n) is 6.05. The van der Waals surface area contributed by atoms with Crippen molar-refractivity contribution in [2.45, 2.75) is 53.1 Å². The molecule has 86 valence electrons. The topological polar surface area (TPSA) is 20.2 Å². The molecule has 1 nitrogen and oxygen atoms in total. The lowest BCUT2D eigenvalue weighted by Crippen LogP contribution is -2.18. The third kappa shape index (κ3) is 2.94. The second-order valence-electron chi connectivity index (χ2n) is 5.23. The van der Waals surface area contributed by atoms with Crippen LogP contribution in [0.25, 0.3) is 0 Å². The maximum absolute atomic E-state index is 9.63. The summed E-state index contributed by atoms with van der Waals surface area (Å²) in [7, 11) is 0. The Bertz CT molecular complexity index is 261.